The first kappa shape index (κ1) is 14.6. The Morgan fingerprint density at radius 3 is 2.57 bits per heavy atom. The van der Waals surface area contributed by atoms with Crippen molar-refractivity contribution in [3.05, 3.63) is 65.7 Å². The van der Waals surface area contributed by atoms with Gasteiger partial charge in [-0.15, -0.1) is 11.8 Å². The predicted octanol–water partition coefficient (Wildman–Crippen LogP) is 3.82. The average molecular weight is 299 g/mol. The van der Waals surface area contributed by atoms with Gasteiger partial charge in [0.1, 0.15) is 0 Å². The smallest absolute Gasteiger partial charge is 0.0862 e. The first-order valence-electron chi connectivity index (χ1n) is 7.44. The molecule has 21 heavy (non-hydrogen) atoms. The second-order valence-corrected chi connectivity index (χ2v) is 6.51. The van der Waals surface area contributed by atoms with Crippen LogP contribution in [0.15, 0.2) is 59.5 Å². The number of hydrogen-bond donors (Lipinski definition) is 1. The minimum Gasteiger partial charge on any atom is -0.374 e. The van der Waals surface area contributed by atoms with Gasteiger partial charge in [0.05, 0.1) is 18.0 Å². The average Bonchev–Trinajstić information content (AvgIpc) is 2.56. The molecule has 0 unspecified atom stereocenters. The summed E-state index contributed by atoms with van der Waals surface area (Å²) < 4.78 is 6.02. The summed E-state index contributed by atoms with van der Waals surface area (Å²) in [6, 6.07) is 19.3. The molecule has 2 nitrogen and oxygen atoms in total. The molecule has 1 aliphatic heterocycles. The van der Waals surface area contributed by atoms with Crippen LogP contribution in [0, 0.1) is 6.92 Å². The van der Waals surface area contributed by atoms with E-state index in [9.17, 15) is 0 Å². The standard InChI is InChI=1S/C18H21NOS/c1-14-7-5-6-10-17(14)21-18(15-8-3-2-4-9-15)16-13-19-11-12-20-16/h2-10,16,18-19H,11-13H2,1H3/t16-,18-/m0/s1. The van der Waals surface area contributed by atoms with Gasteiger partial charge in [0.2, 0.25) is 0 Å². The Labute approximate surface area is 130 Å². The topological polar surface area (TPSA) is 21.3 Å². The number of nitrogens with one attached hydrogen (secondary N) is 1. The Hall–Kier alpha value is -1.29. The largest absolute Gasteiger partial charge is 0.374 e. The summed E-state index contributed by atoms with van der Waals surface area (Å²) in [6.45, 7) is 4.83. The van der Waals surface area contributed by atoms with E-state index in [1.807, 2.05) is 11.8 Å². The van der Waals surface area contributed by atoms with E-state index in [4.69, 9.17) is 4.74 Å². The normalized spacial score (nSPS) is 20.1. The van der Waals surface area contributed by atoms with Gasteiger partial charge in [0, 0.05) is 18.0 Å². The quantitative estimate of drug-likeness (QED) is 0.867. The zero-order chi connectivity index (χ0) is 14.5. The van der Waals surface area contributed by atoms with E-state index in [1.54, 1.807) is 0 Å². The van der Waals surface area contributed by atoms with Crippen LogP contribution in [0.1, 0.15) is 16.4 Å². The summed E-state index contributed by atoms with van der Waals surface area (Å²) in [5.74, 6) is 0. The van der Waals surface area contributed by atoms with Crippen LogP contribution in [0.2, 0.25) is 0 Å². The molecule has 0 aliphatic carbocycles. The van der Waals surface area contributed by atoms with E-state index >= 15 is 0 Å². The summed E-state index contributed by atoms with van der Waals surface area (Å²) in [5.41, 5.74) is 2.66. The van der Waals surface area contributed by atoms with E-state index < -0.39 is 0 Å². The third-order valence-corrected chi connectivity index (χ3v) is 5.31. The molecule has 0 saturated carbocycles. The van der Waals surface area contributed by atoms with Crippen molar-refractivity contribution in [3.8, 4) is 0 Å². The highest BCUT2D eigenvalue weighted by Crippen LogP contribution is 2.40. The van der Waals surface area contributed by atoms with Gasteiger partial charge in [-0.25, -0.2) is 0 Å². The summed E-state index contributed by atoms with van der Waals surface area (Å²) in [5, 5.41) is 3.77. The lowest BCUT2D eigenvalue weighted by Crippen LogP contribution is -2.41. The van der Waals surface area contributed by atoms with E-state index in [1.165, 1.54) is 16.0 Å². The predicted molar refractivity (Wildman–Crippen MR) is 88.8 cm³/mol. The minimum absolute atomic E-state index is 0.214. The minimum atomic E-state index is 0.214. The molecule has 0 amide bonds. The molecule has 0 aromatic heterocycles. The fourth-order valence-corrected chi connectivity index (χ4v) is 3.91. The molecular weight excluding hydrogens is 278 g/mol. The van der Waals surface area contributed by atoms with Gasteiger partial charge < -0.3 is 10.1 Å². The van der Waals surface area contributed by atoms with Gasteiger partial charge in [-0.3, -0.25) is 0 Å². The number of hydrogen-bond acceptors (Lipinski definition) is 3. The van der Waals surface area contributed by atoms with Gasteiger partial charge in [0.25, 0.3) is 0 Å². The van der Waals surface area contributed by atoms with Gasteiger partial charge in [-0.05, 0) is 24.1 Å². The lowest BCUT2D eigenvalue weighted by Gasteiger charge is -2.31. The maximum Gasteiger partial charge on any atom is 0.0862 e. The highest BCUT2D eigenvalue weighted by molar-refractivity contribution is 7.99. The number of rotatable bonds is 4. The number of morpholine rings is 1. The Balaban J connectivity index is 1.87. The first-order chi connectivity index (χ1) is 10.3. The molecule has 1 heterocycles. The van der Waals surface area contributed by atoms with Crippen LogP contribution in [0.4, 0.5) is 0 Å². The third kappa shape index (κ3) is 3.67. The van der Waals surface area contributed by atoms with Crippen LogP contribution in [0.5, 0.6) is 0 Å². The number of thioether (sulfide) groups is 1. The molecule has 3 heteroatoms. The van der Waals surface area contributed by atoms with Crippen molar-refractivity contribution in [2.75, 3.05) is 19.7 Å². The van der Waals surface area contributed by atoms with Gasteiger partial charge >= 0.3 is 0 Å². The van der Waals surface area contributed by atoms with Crippen molar-refractivity contribution >= 4 is 11.8 Å². The van der Waals surface area contributed by atoms with Crippen LogP contribution < -0.4 is 5.32 Å². The number of ether oxygens (including phenoxy) is 1. The maximum atomic E-state index is 6.02. The van der Waals surface area contributed by atoms with Crippen molar-refractivity contribution in [1.82, 2.24) is 5.32 Å². The molecule has 1 N–H and O–H groups in total. The molecular formula is C18H21NOS. The van der Waals surface area contributed by atoms with Crippen molar-refractivity contribution < 1.29 is 4.74 Å². The van der Waals surface area contributed by atoms with Crippen molar-refractivity contribution in [1.29, 1.82) is 0 Å². The van der Waals surface area contributed by atoms with Crippen LogP contribution in [-0.2, 0) is 4.74 Å². The Morgan fingerprint density at radius 2 is 1.86 bits per heavy atom. The second kappa shape index (κ2) is 7.12. The Morgan fingerprint density at radius 1 is 1.10 bits per heavy atom. The molecule has 1 saturated heterocycles. The number of aryl methyl sites for hydroxylation is 1. The van der Waals surface area contributed by atoms with Gasteiger partial charge in [-0.2, -0.15) is 0 Å². The molecule has 3 rings (SSSR count). The highest BCUT2D eigenvalue weighted by atomic mass is 32.2. The molecule has 1 fully saturated rings. The fourth-order valence-electron chi connectivity index (χ4n) is 2.61. The summed E-state index contributed by atoms with van der Waals surface area (Å²) in [4.78, 5) is 1.33. The second-order valence-electron chi connectivity index (χ2n) is 5.33. The van der Waals surface area contributed by atoms with Gasteiger partial charge in [-0.1, -0.05) is 48.5 Å². The molecule has 0 radical (unpaired) electrons. The Bertz CT molecular complexity index is 566. The lowest BCUT2D eigenvalue weighted by molar-refractivity contribution is 0.0273. The molecule has 110 valence electrons. The zero-order valence-corrected chi connectivity index (χ0v) is 13.1. The van der Waals surface area contributed by atoms with Crippen molar-refractivity contribution in [2.24, 2.45) is 0 Å². The maximum absolute atomic E-state index is 6.02. The SMILES string of the molecule is Cc1ccccc1S[C@@H](c1ccccc1)[C@@H]1CNCCO1. The molecule has 2 aromatic rings. The van der Waals surface area contributed by atoms with E-state index in [0.717, 1.165) is 19.7 Å². The fraction of sp³-hybridized carbons (Fsp3) is 0.333. The summed E-state index contributed by atoms with van der Waals surface area (Å²) >= 11 is 1.91. The van der Waals surface area contributed by atoms with E-state index in [0.29, 0.717) is 5.25 Å². The van der Waals surface area contributed by atoms with Crippen molar-refractivity contribution in [2.45, 2.75) is 23.2 Å². The van der Waals surface area contributed by atoms with Crippen LogP contribution in [0.25, 0.3) is 0 Å². The highest BCUT2D eigenvalue weighted by Gasteiger charge is 2.27. The molecule has 2 atom stereocenters. The third-order valence-electron chi connectivity index (χ3n) is 3.77. The Kier molecular flexibility index (Phi) is 4.96. The summed E-state index contributed by atoms with van der Waals surface area (Å²) in [7, 11) is 0. The van der Waals surface area contributed by atoms with Gasteiger partial charge in [0.15, 0.2) is 0 Å². The molecule has 0 bridgehead atoms. The first-order valence-corrected chi connectivity index (χ1v) is 8.32. The summed E-state index contributed by atoms with van der Waals surface area (Å²) in [6.07, 6.45) is 0.214. The zero-order valence-electron chi connectivity index (χ0n) is 12.3. The van der Waals surface area contributed by atoms with Crippen LogP contribution in [-0.4, -0.2) is 25.8 Å². The van der Waals surface area contributed by atoms with E-state index in [-0.39, 0.29) is 6.10 Å². The molecule has 0 spiro atoms. The van der Waals surface area contributed by atoms with Crippen molar-refractivity contribution in [3.63, 3.8) is 0 Å². The van der Waals surface area contributed by atoms with E-state index in [2.05, 4.69) is 66.8 Å². The number of benzene rings is 2. The monoisotopic (exact) mass is 299 g/mol. The van der Waals surface area contributed by atoms with Crippen LogP contribution >= 0.6 is 11.8 Å². The molecule has 1 aliphatic rings. The van der Waals surface area contributed by atoms with Crippen LogP contribution in [0.3, 0.4) is 0 Å². The molecule has 2 aromatic carbocycles. The lowest BCUT2D eigenvalue weighted by atomic mass is 10.1.